The Kier molecular flexibility index (Phi) is 4.19. The summed E-state index contributed by atoms with van der Waals surface area (Å²) in [7, 11) is -3.21. The Morgan fingerprint density at radius 1 is 1.04 bits per heavy atom. The van der Waals surface area contributed by atoms with Crippen LogP contribution in [0.2, 0.25) is 0 Å². The summed E-state index contributed by atoms with van der Waals surface area (Å²) in [5.41, 5.74) is 1.77. The molecule has 4 rings (SSSR count). The van der Waals surface area contributed by atoms with E-state index in [4.69, 9.17) is 4.42 Å². The maximum Gasteiger partial charge on any atom is 0.176 e. The van der Waals surface area contributed by atoms with Crippen LogP contribution in [0.1, 0.15) is 18.5 Å². The van der Waals surface area contributed by atoms with Crippen LogP contribution >= 0.6 is 0 Å². The average molecular weight is 382 g/mol. The zero-order chi connectivity index (χ0) is 19.0. The molecule has 0 aliphatic carbocycles. The van der Waals surface area contributed by atoms with Gasteiger partial charge in [0.15, 0.2) is 27.2 Å². The molecule has 0 unspecified atom stereocenters. The van der Waals surface area contributed by atoms with Gasteiger partial charge in [0.05, 0.1) is 10.9 Å². The number of sulfone groups is 1. The van der Waals surface area contributed by atoms with Crippen LogP contribution in [0.5, 0.6) is 0 Å². The third-order valence-electron chi connectivity index (χ3n) is 4.47. The van der Waals surface area contributed by atoms with E-state index in [1.807, 2.05) is 48.0 Å². The standard InChI is InChI=1S/C19H18N4O3S/c1-13(14-3-5-15(6-4-14)27(2,24)25)23-12-11-20-19(23)18-8-7-17(26-18)16-9-10-21-22-16/h3-13H,1-2H3,(H,21,22)/t13-/m0/s1. The molecule has 0 aliphatic heterocycles. The Bertz CT molecular complexity index is 1160. The minimum atomic E-state index is -3.21. The molecule has 0 aliphatic rings. The molecule has 0 fully saturated rings. The number of nitrogens with zero attached hydrogens (tertiary/aromatic N) is 3. The smallest absolute Gasteiger partial charge is 0.176 e. The van der Waals surface area contributed by atoms with Crippen molar-refractivity contribution in [1.29, 1.82) is 0 Å². The molecule has 4 aromatic rings. The highest BCUT2D eigenvalue weighted by Gasteiger charge is 2.17. The molecule has 0 saturated carbocycles. The fourth-order valence-corrected chi connectivity index (χ4v) is 3.60. The zero-order valence-corrected chi connectivity index (χ0v) is 15.6. The van der Waals surface area contributed by atoms with Crippen molar-refractivity contribution in [2.75, 3.05) is 6.26 Å². The van der Waals surface area contributed by atoms with Crippen LogP contribution < -0.4 is 0 Å². The second-order valence-corrected chi connectivity index (χ2v) is 8.33. The lowest BCUT2D eigenvalue weighted by molar-refractivity contribution is 0.570. The lowest BCUT2D eigenvalue weighted by Crippen LogP contribution is -2.08. The maximum absolute atomic E-state index is 11.6. The molecule has 0 spiro atoms. The molecule has 0 radical (unpaired) electrons. The first-order valence-electron chi connectivity index (χ1n) is 8.36. The minimum Gasteiger partial charge on any atom is -0.451 e. The molecular weight excluding hydrogens is 364 g/mol. The second-order valence-electron chi connectivity index (χ2n) is 6.31. The third kappa shape index (κ3) is 3.31. The van der Waals surface area contributed by atoms with Gasteiger partial charge in [-0.3, -0.25) is 5.10 Å². The summed E-state index contributed by atoms with van der Waals surface area (Å²) in [5, 5.41) is 6.80. The maximum atomic E-state index is 11.6. The van der Waals surface area contributed by atoms with Gasteiger partial charge in [0.25, 0.3) is 0 Å². The average Bonchev–Trinajstić information content (AvgIpc) is 3.40. The van der Waals surface area contributed by atoms with Crippen LogP contribution in [0.3, 0.4) is 0 Å². The molecule has 3 aromatic heterocycles. The Morgan fingerprint density at radius 3 is 2.44 bits per heavy atom. The molecule has 0 amide bonds. The molecular formula is C19H18N4O3S. The molecule has 138 valence electrons. The summed E-state index contributed by atoms with van der Waals surface area (Å²) in [6.07, 6.45) is 6.46. The summed E-state index contributed by atoms with van der Waals surface area (Å²) in [5.74, 6) is 2.02. The number of H-pyrrole nitrogens is 1. The Morgan fingerprint density at radius 2 is 1.78 bits per heavy atom. The fraction of sp³-hybridized carbons (Fsp3) is 0.158. The van der Waals surface area contributed by atoms with E-state index in [2.05, 4.69) is 15.2 Å². The van der Waals surface area contributed by atoms with Crippen molar-refractivity contribution in [2.24, 2.45) is 0 Å². The minimum absolute atomic E-state index is 0.0446. The van der Waals surface area contributed by atoms with Crippen molar-refractivity contribution >= 4 is 9.84 Å². The van der Waals surface area contributed by atoms with Gasteiger partial charge >= 0.3 is 0 Å². The van der Waals surface area contributed by atoms with Crippen LogP contribution in [-0.2, 0) is 9.84 Å². The van der Waals surface area contributed by atoms with Crippen LogP contribution in [0, 0.1) is 0 Å². The van der Waals surface area contributed by atoms with Crippen molar-refractivity contribution in [3.05, 3.63) is 66.6 Å². The van der Waals surface area contributed by atoms with Gasteiger partial charge in [-0.15, -0.1) is 0 Å². The SMILES string of the molecule is C[C@@H](c1ccc(S(C)(=O)=O)cc1)n1ccnc1-c1ccc(-c2ccn[nH]2)o1. The van der Waals surface area contributed by atoms with E-state index in [1.54, 1.807) is 24.5 Å². The molecule has 7 nitrogen and oxygen atoms in total. The number of aromatic nitrogens is 4. The predicted octanol–water partition coefficient (Wildman–Crippen LogP) is 3.55. The van der Waals surface area contributed by atoms with Crippen molar-refractivity contribution in [3.63, 3.8) is 0 Å². The fourth-order valence-electron chi connectivity index (χ4n) is 2.97. The first-order valence-corrected chi connectivity index (χ1v) is 10.3. The first-order chi connectivity index (χ1) is 12.9. The molecule has 3 heterocycles. The van der Waals surface area contributed by atoms with Crippen LogP contribution in [-0.4, -0.2) is 34.4 Å². The van der Waals surface area contributed by atoms with Gasteiger partial charge in [-0.05, 0) is 42.8 Å². The van der Waals surface area contributed by atoms with Crippen molar-refractivity contribution in [1.82, 2.24) is 19.7 Å². The highest BCUT2D eigenvalue weighted by atomic mass is 32.2. The lowest BCUT2D eigenvalue weighted by atomic mass is 10.1. The number of nitrogens with one attached hydrogen (secondary N) is 1. The molecule has 8 heteroatoms. The molecule has 27 heavy (non-hydrogen) atoms. The number of hydrogen-bond donors (Lipinski definition) is 1. The number of hydrogen-bond acceptors (Lipinski definition) is 5. The molecule has 1 aromatic carbocycles. The van der Waals surface area contributed by atoms with Crippen LogP contribution in [0.4, 0.5) is 0 Å². The summed E-state index contributed by atoms with van der Waals surface area (Å²) in [4.78, 5) is 4.74. The Hall–Kier alpha value is -3.13. The van der Waals surface area contributed by atoms with Gasteiger partial charge in [0.1, 0.15) is 5.69 Å². The largest absolute Gasteiger partial charge is 0.451 e. The predicted molar refractivity (Wildman–Crippen MR) is 101 cm³/mol. The van der Waals surface area contributed by atoms with Crippen LogP contribution in [0.15, 0.2) is 70.4 Å². The summed E-state index contributed by atoms with van der Waals surface area (Å²) >= 11 is 0. The van der Waals surface area contributed by atoms with Crippen molar-refractivity contribution < 1.29 is 12.8 Å². The topological polar surface area (TPSA) is 93.8 Å². The Labute approximate surface area is 156 Å². The van der Waals surface area contributed by atoms with Gasteiger partial charge in [-0.25, -0.2) is 13.4 Å². The number of furan rings is 1. The summed E-state index contributed by atoms with van der Waals surface area (Å²) in [6, 6.07) is 12.4. The van der Waals surface area contributed by atoms with E-state index < -0.39 is 9.84 Å². The molecule has 1 atom stereocenters. The number of imidazole rings is 1. The van der Waals surface area contributed by atoms with Gasteiger partial charge in [-0.1, -0.05) is 12.1 Å². The van der Waals surface area contributed by atoms with E-state index in [0.717, 1.165) is 11.3 Å². The quantitative estimate of drug-likeness (QED) is 0.570. The zero-order valence-electron chi connectivity index (χ0n) is 14.8. The lowest BCUT2D eigenvalue weighted by Gasteiger charge is -2.16. The number of rotatable bonds is 5. The third-order valence-corrected chi connectivity index (χ3v) is 5.60. The molecule has 1 N–H and O–H groups in total. The van der Waals surface area contributed by atoms with E-state index in [9.17, 15) is 8.42 Å². The molecule has 0 saturated heterocycles. The van der Waals surface area contributed by atoms with Gasteiger partial charge < -0.3 is 8.98 Å². The first kappa shape index (κ1) is 17.3. The van der Waals surface area contributed by atoms with Crippen molar-refractivity contribution in [3.8, 4) is 23.0 Å². The monoisotopic (exact) mass is 382 g/mol. The Balaban J connectivity index is 1.65. The van der Waals surface area contributed by atoms with E-state index in [-0.39, 0.29) is 6.04 Å². The van der Waals surface area contributed by atoms with Crippen molar-refractivity contribution in [2.45, 2.75) is 17.9 Å². The van der Waals surface area contributed by atoms with Gasteiger partial charge in [-0.2, -0.15) is 5.10 Å². The number of aromatic amines is 1. The van der Waals surface area contributed by atoms with Gasteiger partial charge in [0.2, 0.25) is 0 Å². The number of benzene rings is 1. The van der Waals surface area contributed by atoms with Crippen LogP contribution in [0.25, 0.3) is 23.0 Å². The normalized spacial score (nSPS) is 13.0. The van der Waals surface area contributed by atoms with Gasteiger partial charge in [0, 0.05) is 24.8 Å². The van der Waals surface area contributed by atoms with E-state index >= 15 is 0 Å². The summed E-state index contributed by atoms with van der Waals surface area (Å²) < 4.78 is 31.2. The highest BCUT2D eigenvalue weighted by Crippen LogP contribution is 2.30. The molecule has 0 bridgehead atoms. The summed E-state index contributed by atoms with van der Waals surface area (Å²) in [6.45, 7) is 2.03. The van der Waals surface area contributed by atoms with E-state index in [1.165, 1.54) is 6.26 Å². The highest BCUT2D eigenvalue weighted by molar-refractivity contribution is 7.90. The van der Waals surface area contributed by atoms with E-state index in [0.29, 0.717) is 22.2 Å². The second kappa shape index (κ2) is 6.55.